The van der Waals surface area contributed by atoms with Gasteiger partial charge in [0, 0.05) is 36.7 Å². The minimum absolute atomic E-state index is 0.216. The van der Waals surface area contributed by atoms with Gasteiger partial charge in [-0.15, -0.1) is 11.3 Å². The molecule has 1 aromatic heterocycles. The second-order valence-electron chi connectivity index (χ2n) is 4.76. The maximum atomic E-state index is 11.7. The lowest BCUT2D eigenvalue weighted by atomic mass is 10.1. The molecule has 3 rings (SSSR count). The monoisotopic (exact) mass is 288 g/mol. The van der Waals surface area contributed by atoms with Crippen LogP contribution >= 0.6 is 11.3 Å². The first-order valence-corrected chi connectivity index (χ1v) is 7.50. The average molecular weight is 288 g/mol. The van der Waals surface area contributed by atoms with Crippen LogP contribution < -0.4 is 4.90 Å². The fraction of sp³-hybridized carbons (Fsp3) is 0.333. The number of methoxy groups -OCH3 is 1. The van der Waals surface area contributed by atoms with Crippen molar-refractivity contribution in [2.45, 2.75) is 19.4 Å². The third-order valence-corrected chi connectivity index (χ3v) is 4.19. The fourth-order valence-electron chi connectivity index (χ4n) is 2.37. The number of carbonyl (C=O) groups is 1. The predicted molar refractivity (Wildman–Crippen MR) is 79.9 cm³/mol. The van der Waals surface area contributed by atoms with Crippen molar-refractivity contribution >= 4 is 22.9 Å². The number of amides is 1. The summed E-state index contributed by atoms with van der Waals surface area (Å²) in [4.78, 5) is 18.1. The topological polar surface area (TPSA) is 42.4 Å². The van der Waals surface area contributed by atoms with Crippen LogP contribution in [0.3, 0.4) is 0 Å². The molecule has 4 nitrogen and oxygen atoms in total. The van der Waals surface area contributed by atoms with E-state index >= 15 is 0 Å². The molecule has 1 saturated heterocycles. The molecule has 0 aliphatic carbocycles. The molecule has 0 bridgehead atoms. The second kappa shape index (κ2) is 5.73. The SMILES string of the molecule is COCc1nc(-c2ccc(N3CCCC3=O)cc2)cs1. The van der Waals surface area contributed by atoms with Crippen molar-refractivity contribution in [3.05, 3.63) is 34.7 Å². The number of benzene rings is 1. The molecule has 0 spiro atoms. The normalized spacial score (nSPS) is 15.1. The lowest BCUT2D eigenvalue weighted by molar-refractivity contribution is -0.117. The van der Waals surface area contributed by atoms with Crippen LogP contribution in [0, 0.1) is 0 Å². The Hall–Kier alpha value is -1.72. The minimum atomic E-state index is 0.216. The maximum absolute atomic E-state index is 11.7. The summed E-state index contributed by atoms with van der Waals surface area (Å²) in [6, 6.07) is 8.03. The summed E-state index contributed by atoms with van der Waals surface area (Å²) < 4.78 is 5.08. The van der Waals surface area contributed by atoms with Gasteiger partial charge in [-0.25, -0.2) is 4.98 Å². The van der Waals surface area contributed by atoms with Crippen LogP contribution in [0.4, 0.5) is 5.69 Å². The Morgan fingerprint density at radius 2 is 2.15 bits per heavy atom. The van der Waals surface area contributed by atoms with Crippen molar-refractivity contribution in [2.75, 3.05) is 18.6 Å². The molecule has 1 aliphatic rings. The van der Waals surface area contributed by atoms with E-state index < -0.39 is 0 Å². The number of hydrogen-bond donors (Lipinski definition) is 0. The Bertz CT molecular complexity index is 607. The Morgan fingerprint density at radius 3 is 2.80 bits per heavy atom. The number of aromatic nitrogens is 1. The van der Waals surface area contributed by atoms with Crippen LogP contribution in [0.25, 0.3) is 11.3 Å². The van der Waals surface area contributed by atoms with Crippen LogP contribution in [0.1, 0.15) is 17.8 Å². The summed E-state index contributed by atoms with van der Waals surface area (Å²) in [7, 11) is 1.67. The van der Waals surface area contributed by atoms with Gasteiger partial charge in [0.2, 0.25) is 5.91 Å². The summed E-state index contributed by atoms with van der Waals surface area (Å²) in [5, 5.41) is 3.01. The molecule has 0 unspecified atom stereocenters. The highest BCUT2D eigenvalue weighted by Gasteiger charge is 2.21. The molecule has 1 amide bonds. The van der Waals surface area contributed by atoms with E-state index in [9.17, 15) is 4.79 Å². The zero-order chi connectivity index (χ0) is 13.9. The van der Waals surface area contributed by atoms with Crippen LogP contribution in [-0.4, -0.2) is 24.5 Å². The Balaban J connectivity index is 1.79. The highest BCUT2D eigenvalue weighted by atomic mass is 32.1. The summed E-state index contributed by atoms with van der Waals surface area (Å²) in [6.07, 6.45) is 1.61. The summed E-state index contributed by atoms with van der Waals surface area (Å²) in [5.74, 6) is 0.216. The lowest BCUT2D eigenvalue weighted by Gasteiger charge is -2.15. The molecule has 5 heteroatoms. The average Bonchev–Trinajstić information content (AvgIpc) is 3.09. The molecule has 104 valence electrons. The van der Waals surface area contributed by atoms with E-state index in [2.05, 4.69) is 4.98 Å². The van der Waals surface area contributed by atoms with Gasteiger partial charge in [-0.3, -0.25) is 4.79 Å². The van der Waals surface area contributed by atoms with Gasteiger partial charge in [0.05, 0.1) is 12.3 Å². The first-order chi connectivity index (χ1) is 9.78. The molecule has 0 atom stereocenters. The minimum Gasteiger partial charge on any atom is -0.378 e. The summed E-state index contributed by atoms with van der Waals surface area (Å²) >= 11 is 1.60. The van der Waals surface area contributed by atoms with Gasteiger partial charge in [-0.2, -0.15) is 0 Å². The van der Waals surface area contributed by atoms with E-state index in [-0.39, 0.29) is 5.91 Å². The molecule has 0 saturated carbocycles. The van der Waals surface area contributed by atoms with Crippen molar-refractivity contribution in [2.24, 2.45) is 0 Å². The van der Waals surface area contributed by atoms with Crippen LogP contribution in [0.5, 0.6) is 0 Å². The van der Waals surface area contributed by atoms with E-state index in [1.807, 2.05) is 34.5 Å². The highest BCUT2D eigenvalue weighted by molar-refractivity contribution is 7.09. The van der Waals surface area contributed by atoms with Gasteiger partial charge in [-0.05, 0) is 18.6 Å². The van der Waals surface area contributed by atoms with Crippen LogP contribution in [0.2, 0.25) is 0 Å². The molecule has 0 N–H and O–H groups in total. The molecule has 1 aliphatic heterocycles. The van der Waals surface area contributed by atoms with Crippen molar-refractivity contribution in [3.8, 4) is 11.3 Å². The van der Waals surface area contributed by atoms with Crippen LogP contribution in [-0.2, 0) is 16.1 Å². The van der Waals surface area contributed by atoms with Crippen molar-refractivity contribution < 1.29 is 9.53 Å². The first-order valence-electron chi connectivity index (χ1n) is 6.62. The number of carbonyl (C=O) groups excluding carboxylic acids is 1. The van der Waals surface area contributed by atoms with Crippen molar-refractivity contribution in [3.63, 3.8) is 0 Å². The van der Waals surface area contributed by atoms with E-state index in [0.29, 0.717) is 13.0 Å². The Labute approximate surface area is 122 Å². The van der Waals surface area contributed by atoms with E-state index in [1.54, 1.807) is 18.4 Å². The van der Waals surface area contributed by atoms with Gasteiger partial charge < -0.3 is 9.64 Å². The molecule has 1 aromatic carbocycles. The van der Waals surface area contributed by atoms with E-state index in [1.165, 1.54) is 0 Å². The first kappa shape index (κ1) is 13.3. The number of ether oxygens (including phenoxy) is 1. The second-order valence-corrected chi connectivity index (χ2v) is 5.70. The molecular formula is C15H16N2O2S. The largest absolute Gasteiger partial charge is 0.378 e. The van der Waals surface area contributed by atoms with Gasteiger partial charge >= 0.3 is 0 Å². The third-order valence-electron chi connectivity index (χ3n) is 3.37. The van der Waals surface area contributed by atoms with Gasteiger partial charge in [0.15, 0.2) is 0 Å². The standard InChI is InChI=1S/C15H16N2O2S/c1-19-9-14-16-13(10-20-14)11-4-6-12(7-5-11)17-8-2-3-15(17)18/h4-7,10H,2-3,8-9H2,1H3. The Morgan fingerprint density at radius 1 is 1.35 bits per heavy atom. The quantitative estimate of drug-likeness (QED) is 0.868. The number of hydrogen-bond acceptors (Lipinski definition) is 4. The van der Waals surface area contributed by atoms with E-state index in [4.69, 9.17) is 4.74 Å². The van der Waals surface area contributed by atoms with Gasteiger partial charge in [0.1, 0.15) is 5.01 Å². The molecular weight excluding hydrogens is 272 g/mol. The zero-order valence-corrected chi connectivity index (χ0v) is 12.2. The Kier molecular flexibility index (Phi) is 3.80. The zero-order valence-electron chi connectivity index (χ0n) is 11.3. The van der Waals surface area contributed by atoms with Crippen LogP contribution in [0.15, 0.2) is 29.6 Å². The molecule has 1 fully saturated rings. The molecule has 2 aromatic rings. The smallest absolute Gasteiger partial charge is 0.227 e. The van der Waals surface area contributed by atoms with Crippen molar-refractivity contribution in [1.29, 1.82) is 0 Å². The number of thiazole rings is 1. The lowest BCUT2D eigenvalue weighted by Crippen LogP contribution is -2.23. The third kappa shape index (κ3) is 2.59. The maximum Gasteiger partial charge on any atom is 0.227 e. The number of nitrogens with zero attached hydrogens (tertiary/aromatic N) is 2. The molecule has 20 heavy (non-hydrogen) atoms. The predicted octanol–water partition coefficient (Wildman–Crippen LogP) is 3.08. The summed E-state index contributed by atoms with van der Waals surface area (Å²) in [6.45, 7) is 1.37. The summed E-state index contributed by atoms with van der Waals surface area (Å²) in [5.41, 5.74) is 3.00. The van der Waals surface area contributed by atoms with E-state index in [0.717, 1.165) is 34.9 Å². The number of rotatable bonds is 4. The van der Waals surface area contributed by atoms with Gasteiger partial charge in [0.25, 0.3) is 0 Å². The van der Waals surface area contributed by atoms with Crippen molar-refractivity contribution in [1.82, 2.24) is 4.98 Å². The van der Waals surface area contributed by atoms with Gasteiger partial charge in [-0.1, -0.05) is 12.1 Å². The number of anilines is 1. The fourth-order valence-corrected chi connectivity index (χ4v) is 3.14. The highest BCUT2D eigenvalue weighted by Crippen LogP contribution is 2.27. The molecule has 2 heterocycles. The molecule has 0 radical (unpaired) electrons.